The van der Waals surface area contributed by atoms with E-state index in [1.807, 2.05) is 0 Å². The molecule has 1 unspecified atom stereocenters. The maximum Gasteiger partial charge on any atom is 0.306 e. The van der Waals surface area contributed by atoms with Crippen molar-refractivity contribution in [3.63, 3.8) is 0 Å². The van der Waals surface area contributed by atoms with Crippen molar-refractivity contribution in [1.82, 2.24) is 0 Å². The molecule has 0 aliphatic carbocycles. The first-order valence-corrected chi connectivity index (χ1v) is 28.3. The molecule has 0 aromatic rings. The van der Waals surface area contributed by atoms with Crippen molar-refractivity contribution in [3.8, 4) is 0 Å². The number of esters is 3. The predicted molar refractivity (Wildman–Crippen MR) is 284 cm³/mol. The molecule has 0 saturated heterocycles. The van der Waals surface area contributed by atoms with E-state index in [1.54, 1.807) is 0 Å². The molecule has 0 amide bonds. The molecule has 0 heterocycles. The number of hydrogen-bond donors (Lipinski definition) is 0. The molecule has 6 nitrogen and oxygen atoms in total. The van der Waals surface area contributed by atoms with Crippen molar-refractivity contribution in [3.05, 3.63) is 60.8 Å². The molecule has 0 rings (SSSR count). The average molecular weight is 924 g/mol. The van der Waals surface area contributed by atoms with Gasteiger partial charge in [0.25, 0.3) is 0 Å². The molecular weight excluding hydrogens is 817 g/mol. The van der Waals surface area contributed by atoms with E-state index in [-0.39, 0.29) is 37.5 Å². The first kappa shape index (κ1) is 63.1. The molecule has 0 saturated carbocycles. The largest absolute Gasteiger partial charge is 0.462 e. The van der Waals surface area contributed by atoms with Gasteiger partial charge in [0.2, 0.25) is 0 Å². The zero-order valence-corrected chi connectivity index (χ0v) is 43.7. The Hall–Kier alpha value is -2.89. The minimum Gasteiger partial charge on any atom is -0.462 e. The zero-order chi connectivity index (χ0) is 47.9. The van der Waals surface area contributed by atoms with Crippen molar-refractivity contribution in [1.29, 1.82) is 0 Å². The highest BCUT2D eigenvalue weighted by molar-refractivity contribution is 5.71. The normalized spacial score (nSPS) is 12.5. The maximum atomic E-state index is 12.8. The summed E-state index contributed by atoms with van der Waals surface area (Å²) in [5.74, 6) is -0.947. The Morgan fingerprint density at radius 3 is 0.909 bits per heavy atom. The van der Waals surface area contributed by atoms with Gasteiger partial charge in [-0.05, 0) is 57.8 Å². The Morgan fingerprint density at radius 1 is 0.318 bits per heavy atom. The first-order chi connectivity index (χ1) is 32.5. The van der Waals surface area contributed by atoms with Crippen LogP contribution in [0.3, 0.4) is 0 Å². The number of carbonyl (C=O) groups is 3. The van der Waals surface area contributed by atoms with Crippen LogP contribution in [0.5, 0.6) is 0 Å². The van der Waals surface area contributed by atoms with Gasteiger partial charge in [-0.15, -0.1) is 0 Å². The van der Waals surface area contributed by atoms with Crippen molar-refractivity contribution < 1.29 is 28.6 Å². The Morgan fingerprint density at radius 2 is 0.591 bits per heavy atom. The lowest BCUT2D eigenvalue weighted by molar-refractivity contribution is -0.167. The molecule has 66 heavy (non-hydrogen) atoms. The Labute approximate surface area is 409 Å². The van der Waals surface area contributed by atoms with E-state index in [0.717, 1.165) is 77.0 Å². The van der Waals surface area contributed by atoms with E-state index in [0.29, 0.717) is 19.3 Å². The van der Waals surface area contributed by atoms with E-state index in [2.05, 4.69) is 81.5 Å². The highest BCUT2D eigenvalue weighted by Crippen LogP contribution is 2.17. The van der Waals surface area contributed by atoms with Crippen molar-refractivity contribution >= 4 is 17.9 Å². The topological polar surface area (TPSA) is 78.9 Å². The van der Waals surface area contributed by atoms with Gasteiger partial charge in [-0.25, -0.2) is 0 Å². The fraction of sp³-hybridized carbons (Fsp3) is 0.783. The summed E-state index contributed by atoms with van der Waals surface area (Å²) < 4.78 is 16.7. The first-order valence-electron chi connectivity index (χ1n) is 28.3. The number of ether oxygens (including phenoxy) is 3. The fourth-order valence-electron chi connectivity index (χ4n) is 8.07. The van der Waals surface area contributed by atoms with E-state index < -0.39 is 6.10 Å². The fourth-order valence-corrected chi connectivity index (χ4v) is 8.07. The van der Waals surface area contributed by atoms with Crippen molar-refractivity contribution in [2.75, 3.05) is 13.2 Å². The van der Waals surface area contributed by atoms with Crippen LogP contribution in [-0.4, -0.2) is 37.2 Å². The van der Waals surface area contributed by atoms with Gasteiger partial charge in [0.1, 0.15) is 13.2 Å². The summed E-state index contributed by atoms with van der Waals surface area (Å²) >= 11 is 0. The van der Waals surface area contributed by atoms with Crippen LogP contribution in [0.4, 0.5) is 0 Å². The lowest BCUT2D eigenvalue weighted by atomic mass is 10.0. The van der Waals surface area contributed by atoms with Gasteiger partial charge in [0, 0.05) is 19.3 Å². The van der Waals surface area contributed by atoms with Gasteiger partial charge in [-0.1, -0.05) is 268 Å². The number of hydrogen-bond acceptors (Lipinski definition) is 6. The van der Waals surface area contributed by atoms with Gasteiger partial charge < -0.3 is 14.2 Å². The number of rotatable bonds is 51. The smallest absolute Gasteiger partial charge is 0.306 e. The molecule has 382 valence electrons. The molecule has 1 atom stereocenters. The Kier molecular flexibility index (Phi) is 52.3. The molecule has 0 aromatic carbocycles. The molecule has 0 bridgehead atoms. The highest BCUT2D eigenvalue weighted by atomic mass is 16.6. The summed E-state index contributed by atoms with van der Waals surface area (Å²) in [5.41, 5.74) is 0. The minimum absolute atomic E-state index is 0.0935. The third-order valence-corrected chi connectivity index (χ3v) is 12.3. The lowest BCUT2D eigenvalue weighted by Gasteiger charge is -2.18. The molecule has 6 heteroatoms. The molecule has 0 fully saturated rings. The second-order valence-electron chi connectivity index (χ2n) is 18.8. The number of unbranched alkanes of at least 4 members (excludes halogenated alkanes) is 30. The monoisotopic (exact) mass is 923 g/mol. The third-order valence-electron chi connectivity index (χ3n) is 12.3. The Balaban J connectivity index is 4.25. The van der Waals surface area contributed by atoms with Crippen LogP contribution in [0.15, 0.2) is 60.8 Å². The van der Waals surface area contributed by atoms with Crippen LogP contribution < -0.4 is 0 Å². The molecule has 0 spiro atoms. The predicted octanol–water partition coefficient (Wildman–Crippen LogP) is 18.8. The quantitative estimate of drug-likeness (QED) is 0.0262. The van der Waals surface area contributed by atoms with Gasteiger partial charge in [-0.2, -0.15) is 0 Å². The molecule has 0 aliphatic rings. The maximum absolute atomic E-state index is 12.8. The van der Waals surface area contributed by atoms with Crippen LogP contribution in [-0.2, 0) is 28.6 Å². The van der Waals surface area contributed by atoms with Crippen molar-refractivity contribution in [2.24, 2.45) is 0 Å². The van der Waals surface area contributed by atoms with Gasteiger partial charge in [-0.3, -0.25) is 14.4 Å². The van der Waals surface area contributed by atoms with E-state index in [1.165, 1.54) is 161 Å². The average Bonchev–Trinajstić information content (AvgIpc) is 3.31. The number of carbonyl (C=O) groups excluding carboxylic acids is 3. The van der Waals surface area contributed by atoms with Gasteiger partial charge in [0.15, 0.2) is 6.10 Å². The van der Waals surface area contributed by atoms with Crippen LogP contribution >= 0.6 is 0 Å². The molecule has 0 aromatic heterocycles. The second-order valence-corrected chi connectivity index (χ2v) is 18.8. The molecule has 0 radical (unpaired) electrons. The summed E-state index contributed by atoms with van der Waals surface area (Å²) in [6, 6.07) is 0. The van der Waals surface area contributed by atoms with Crippen molar-refractivity contribution in [2.45, 2.75) is 290 Å². The SMILES string of the molecule is CC/C=C\C/C=C\C/C=C\C/C=C\C/C=C\CCCC(=O)OC(COC(=O)CCCCCCCCCC)COC(=O)CCCCCCCCCCCCCCCCCCCCCCCCC. The van der Waals surface area contributed by atoms with Crippen LogP contribution in [0.25, 0.3) is 0 Å². The lowest BCUT2D eigenvalue weighted by Crippen LogP contribution is -2.30. The highest BCUT2D eigenvalue weighted by Gasteiger charge is 2.19. The molecular formula is C60H106O6. The Bertz CT molecular complexity index is 1200. The van der Waals surface area contributed by atoms with Crippen LogP contribution in [0, 0.1) is 0 Å². The second kappa shape index (κ2) is 54.7. The van der Waals surface area contributed by atoms with Gasteiger partial charge >= 0.3 is 17.9 Å². The minimum atomic E-state index is -0.799. The van der Waals surface area contributed by atoms with Gasteiger partial charge in [0.05, 0.1) is 0 Å². The summed E-state index contributed by atoms with van der Waals surface area (Å²) in [5, 5.41) is 0. The zero-order valence-electron chi connectivity index (χ0n) is 43.7. The van der Waals surface area contributed by atoms with Crippen LogP contribution in [0.2, 0.25) is 0 Å². The third kappa shape index (κ3) is 52.1. The summed E-state index contributed by atoms with van der Waals surface area (Å²) in [6.07, 6.45) is 68.1. The summed E-state index contributed by atoms with van der Waals surface area (Å²) in [6.45, 7) is 6.47. The van der Waals surface area contributed by atoms with E-state index in [4.69, 9.17) is 14.2 Å². The number of allylic oxidation sites excluding steroid dienone is 10. The molecule has 0 N–H and O–H groups in total. The van der Waals surface area contributed by atoms with E-state index >= 15 is 0 Å². The summed E-state index contributed by atoms with van der Waals surface area (Å²) in [4.78, 5) is 37.9. The summed E-state index contributed by atoms with van der Waals surface area (Å²) in [7, 11) is 0. The molecule has 0 aliphatic heterocycles. The van der Waals surface area contributed by atoms with Crippen LogP contribution in [0.1, 0.15) is 284 Å². The standard InChI is InChI=1S/C60H106O6/c1-4-7-10-13-16-19-21-23-25-27-28-29-30-31-32-34-35-37-39-41-44-47-50-53-59(62)65-56-57(55-64-58(61)52-49-46-43-18-15-12-9-6-3)66-60(63)54-51-48-45-42-40-38-36-33-26-24-22-20-17-14-11-8-5-2/h8,11,17,20,24,26,36,38,42,45,57H,4-7,9-10,12-16,18-19,21-23,25,27-35,37,39-41,43-44,46-56H2,1-3H3/b11-8-,20-17-,26-24-,38-36-,45-42-. The van der Waals surface area contributed by atoms with E-state index in [9.17, 15) is 14.4 Å².